The zero-order valence-corrected chi connectivity index (χ0v) is 11.0. The number of nitrogens with zero attached hydrogens (tertiary/aromatic N) is 1. The number of carbonyl (C=O) groups is 1. The van der Waals surface area contributed by atoms with Crippen LogP contribution in [0.15, 0.2) is 24.3 Å². The fourth-order valence-electron chi connectivity index (χ4n) is 1.63. The molecule has 94 valence electrons. The smallest absolute Gasteiger partial charge is 0.251 e. The number of amides is 1. The second kappa shape index (κ2) is 5.27. The molecule has 2 aromatic rings. The Morgan fingerprint density at radius 3 is 2.83 bits per heavy atom. The van der Waals surface area contributed by atoms with Crippen molar-refractivity contribution in [1.82, 2.24) is 10.3 Å². The summed E-state index contributed by atoms with van der Waals surface area (Å²) in [7, 11) is 0. The van der Waals surface area contributed by atoms with Gasteiger partial charge in [-0.1, -0.05) is 6.07 Å². The number of rotatable bonds is 3. The highest BCUT2D eigenvalue weighted by atomic mass is 32.1. The van der Waals surface area contributed by atoms with Crippen molar-refractivity contribution < 1.29 is 9.18 Å². The van der Waals surface area contributed by atoms with Gasteiger partial charge in [0.2, 0.25) is 0 Å². The highest BCUT2D eigenvalue weighted by Gasteiger charge is 2.09. The molecule has 3 nitrogen and oxygen atoms in total. The van der Waals surface area contributed by atoms with Crippen LogP contribution in [0.5, 0.6) is 0 Å². The highest BCUT2D eigenvalue weighted by Crippen LogP contribution is 2.16. The average Bonchev–Trinajstić information content (AvgIpc) is 2.65. The summed E-state index contributed by atoms with van der Waals surface area (Å²) in [6.45, 7) is 4.26. The molecule has 5 heteroatoms. The van der Waals surface area contributed by atoms with Gasteiger partial charge in [0.05, 0.1) is 17.2 Å². The van der Waals surface area contributed by atoms with Gasteiger partial charge >= 0.3 is 0 Å². The van der Waals surface area contributed by atoms with Crippen LogP contribution in [-0.2, 0) is 6.54 Å². The molecule has 2 rings (SSSR count). The molecule has 18 heavy (non-hydrogen) atoms. The lowest BCUT2D eigenvalue weighted by atomic mass is 10.2. The van der Waals surface area contributed by atoms with E-state index in [2.05, 4.69) is 10.3 Å². The second-order valence-corrected chi connectivity index (χ2v) is 5.22. The van der Waals surface area contributed by atoms with Crippen LogP contribution in [0.1, 0.15) is 25.9 Å². The van der Waals surface area contributed by atoms with Crippen LogP contribution in [0.2, 0.25) is 0 Å². The largest absolute Gasteiger partial charge is 0.347 e. The molecule has 0 fully saturated rings. The van der Waals surface area contributed by atoms with E-state index in [0.717, 1.165) is 15.6 Å². The minimum Gasteiger partial charge on any atom is -0.347 e. The molecule has 0 radical (unpaired) electrons. The summed E-state index contributed by atoms with van der Waals surface area (Å²) < 4.78 is 13.0. The standard InChI is InChI=1S/C13H13FN2OS/c1-8-12(18-9(2)16-8)7-15-13(17)10-4-3-5-11(14)6-10/h3-6H,7H2,1-2H3,(H,15,17). The zero-order valence-electron chi connectivity index (χ0n) is 10.2. The van der Waals surface area contributed by atoms with Crippen LogP contribution in [-0.4, -0.2) is 10.9 Å². The third-order valence-electron chi connectivity index (χ3n) is 2.50. The van der Waals surface area contributed by atoms with Crippen molar-refractivity contribution in [2.24, 2.45) is 0 Å². The summed E-state index contributed by atoms with van der Waals surface area (Å²) in [5.41, 5.74) is 1.26. The predicted octanol–water partition coefficient (Wildman–Crippen LogP) is 2.83. The monoisotopic (exact) mass is 264 g/mol. The van der Waals surface area contributed by atoms with E-state index in [4.69, 9.17) is 0 Å². The van der Waals surface area contributed by atoms with E-state index in [9.17, 15) is 9.18 Å². The molecule has 1 N–H and O–H groups in total. The number of halogens is 1. The lowest BCUT2D eigenvalue weighted by Gasteiger charge is -2.04. The van der Waals surface area contributed by atoms with Crippen LogP contribution in [0.3, 0.4) is 0 Å². The van der Waals surface area contributed by atoms with Crippen LogP contribution < -0.4 is 5.32 Å². The number of nitrogens with one attached hydrogen (secondary N) is 1. The van der Waals surface area contributed by atoms with E-state index in [-0.39, 0.29) is 5.91 Å². The van der Waals surface area contributed by atoms with Crippen molar-refractivity contribution in [1.29, 1.82) is 0 Å². The molecule has 0 bridgehead atoms. The van der Waals surface area contributed by atoms with Crippen molar-refractivity contribution in [3.05, 3.63) is 51.2 Å². The normalized spacial score (nSPS) is 10.4. The maximum atomic E-state index is 13.0. The van der Waals surface area contributed by atoms with E-state index in [1.165, 1.54) is 18.2 Å². The average molecular weight is 264 g/mol. The quantitative estimate of drug-likeness (QED) is 0.926. The Labute approximate surface area is 109 Å². The summed E-state index contributed by atoms with van der Waals surface area (Å²) in [6, 6.07) is 5.64. The van der Waals surface area contributed by atoms with Crippen LogP contribution >= 0.6 is 11.3 Å². The molecule has 1 heterocycles. The number of benzene rings is 1. The van der Waals surface area contributed by atoms with Gasteiger partial charge in [-0.2, -0.15) is 0 Å². The van der Waals surface area contributed by atoms with Crippen molar-refractivity contribution >= 4 is 17.2 Å². The summed E-state index contributed by atoms with van der Waals surface area (Å²) in [4.78, 5) is 17.1. The molecule has 0 saturated carbocycles. The van der Waals surface area contributed by atoms with E-state index >= 15 is 0 Å². The maximum absolute atomic E-state index is 13.0. The topological polar surface area (TPSA) is 42.0 Å². The molecular formula is C13H13FN2OS. The van der Waals surface area contributed by atoms with Crippen LogP contribution in [0.4, 0.5) is 4.39 Å². The minimum absolute atomic E-state index is 0.278. The Balaban J connectivity index is 2.02. The number of hydrogen-bond donors (Lipinski definition) is 1. The van der Waals surface area contributed by atoms with E-state index in [0.29, 0.717) is 12.1 Å². The summed E-state index contributed by atoms with van der Waals surface area (Å²) in [5.74, 6) is -0.688. The van der Waals surface area contributed by atoms with Crippen molar-refractivity contribution in [3.8, 4) is 0 Å². The lowest BCUT2D eigenvalue weighted by Crippen LogP contribution is -2.22. The summed E-state index contributed by atoms with van der Waals surface area (Å²) in [6.07, 6.45) is 0. The number of hydrogen-bond acceptors (Lipinski definition) is 3. The predicted molar refractivity (Wildman–Crippen MR) is 69.2 cm³/mol. The lowest BCUT2D eigenvalue weighted by molar-refractivity contribution is 0.0951. The second-order valence-electron chi connectivity index (χ2n) is 3.93. The molecule has 1 aromatic heterocycles. The first-order valence-corrected chi connectivity index (χ1v) is 6.34. The highest BCUT2D eigenvalue weighted by molar-refractivity contribution is 7.11. The SMILES string of the molecule is Cc1nc(C)c(CNC(=O)c2cccc(F)c2)s1. The van der Waals surface area contributed by atoms with Gasteiger partial charge in [-0.25, -0.2) is 9.37 Å². The van der Waals surface area contributed by atoms with Gasteiger partial charge in [-0.05, 0) is 32.0 Å². The van der Waals surface area contributed by atoms with Crippen molar-refractivity contribution in [2.45, 2.75) is 20.4 Å². The van der Waals surface area contributed by atoms with Crippen LogP contribution in [0.25, 0.3) is 0 Å². The Morgan fingerprint density at radius 2 is 2.22 bits per heavy atom. The third-order valence-corrected chi connectivity index (χ3v) is 3.57. The molecule has 0 unspecified atom stereocenters. The Bertz CT molecular complexity index is 580. The maximum Gasteiger partial charge on any atom is 0.251 e. The molecule has 0 spiro atoms. The van der Waals surface area contributed by atoms with Gasteiger partial charge in [0.25, 0.3) is 5.91 Å². The van der Waals surface area contributed by atoms with E-state index in [1.807, 2.05) is 13.8 Å². The fraction of sp³-hybridized carbons (Fsp3) is 0.231. The summed E-state index contributed by atoms with van der Waals surface area (Å²) in [5, 5.41) is 3.74. The van der Waals surface area contributed by atoms with E-state index in [1.54, 1.807) is 17.4 Å². The Morgan fingerprint density at radius 1 is 1.44 bits per heavy atom. The van der Waals surface area contributed by atoms with Gasteiger partial charge in [-0.3, -0.25) is 4.79 Å². The van der Waals surface area contributed by atoms with Gasteiger partial charge in [0, 0.05) is 10.4 Å². The number of carbonyl (C=O) groups excluding carboxylic acids is 1. The zero-order chi connectivity index (χ0) is 13.1. The molecule has 0 aliphatic rings. The fourth-order valence-corrected chi connectivity index (χ4v) is 2.51. The third kappa shape index (κ3) is 2.92. The molecule has 0 aliphatic carbocycles. The summed E-state index contributed by atoms with van der Waals surface area (Å²) >= 11 is 1.55. The molecule has 0 aliphatic heterocycles. The van der Waals surface area contributed by atoms with E-state index < -0.39 is 5.82 Å². The molecule has 1 amide bonds. The van der Waals surface area contributed by atoms with Crippen molar-refractivity contribution in [2.75, 3.05) is 0 Å². The first-order valence-electron chi connectivity index (χ1n) is 5.53. The van der Waals surface area contributed by atoms with Crippen LogP contribution in [0, 0.1) is 19.7 Å². The molecule has 1 aromatic carbocycles. The van der Waals surface area contributed by atoms with Crippen molar-refractivity contribution in [3.63, 3.8) is 0 Å². The molecular weight excluding hydrogens is 251 g/mol. The van der Waals surface area contributed by atoms with Gasteiger partial charge in [0.1, 0.15) is 5.82 Å². The number of aryl methyl sites for hydroxylation is 2. The van der Waals surface area contributed by atoms with Gasteiger partial charge in [0.15, 0.2) is 0 Å². The Kier molecular flexibility index (Phi) is 3.72. The minimum atomic E-state index is -0.410. The Hall–Kier alpha value is -1.75. The molecule has 0 saturated heterocycles. The van der Waals surface area contributed by atoms with Gasteiger partial charge in [-0.15, -0.1) is 11.3 Å². The molecule has 0 atom stereocenters. The van der Waals surface area contributed by atoms with Gasteiger partial charge < -0.3 is 5.32 Å². The number of thiazole rings is 1. The number of aromatic nitrogens is 1. The first-order chi connectivity index (χ1) is 8.56. The first kappa shape index (κ1) is 12.7.